The van der Waals surface area contributed by atoms with Crippen LogP contribution in [0, 0.1) is 0 Å². The molecule has 27 heavy (non-hydrogen) atoms. The first kappa shape index (κ1) is 17.3. The zero-order chi connectivity index (χ0) is 18.8. The van der Waals surface area contributed by atoms with Gasteiger partial charge in [0.15, 0.2) is 0 Å². The highest BCUT2D eigenvalue weighted by atomic mass is 35.5. The summed E-state index contributed by atoms with van der Waals surface area (Å²) in [5, 5.41) is 8.48. The van der Waals surface area contributed by atoms with Gasteiger partial charge in [-0.2, -0.15) is 5.10 Å². The second kappa shape index (κ2) is 7.25. The van der Waals surface area contributed by atoms with Crippen LogP contribution in [0.1, 0.15) is 12.5 Å². The monoisotopic (exact) mass is 375 g/mol. The highest BCUT2D eigenvalue weighted by Crippen LogP contribution is 2.25. The van der Waals surface area contributed by atoms with Gasteiger partial charge in [-0.05, 0) is 65.7 Å². The maximum absolute atomic E-state index is 6.05. The number of nitrogens with one attached hydrogen (secondary N) is 1. The number of ether oxygens (including phenoxy) is 1. The quantitative estimate of drug-likeness (QED) is 0.357. The van der Waals surface area contributed by atoms with Gasteiger partial charge in [-0.25, -0.2) is 0 Å². The number of halogens is 1. The summed E-state index contributed by atoms with van der Waals surface area (Å²) in [6, 6.07) is 19.9. The highest BCUT2D eigenvalue weighted by Gasteiger charge is 2.04. The van der Waals surface area contributed by atoms with E-state index in [0.29, 0.717) is 5.02 Å². The molecule has 0 radical (unpaired) electrons. The smallest absolute Gasteiger partial charge is 0.119 e. The number of hydrogen-bond donors (Lipinski definition) is 1. The predicted molar refractivity (Wildman–Crippen MR) is 113 cm³/mol. The van der Waals surface area contributed by atoms with E-state index in [4.69, 9.17) is 16.3 Å². The van der Waals surface area contributed by atoms with E-state index >= 15 is 0 Å². The number of pyridine rings is 1. The van der Waals surface area contributed by atoms with Gasteiger partial charge in [-0.3, -0.25) is 10.4 Å². The maximum Gasteiger partial charge on any atom is 0.119 e. The van der Waals surface area contributed by atoms with E-state index in [0.717, 1.165) is 44.4 Å². The van der Waals surface area contributed by atoms with Crippen molar-refractivity contribution in [2.24, 2.45) is 5.10 Å². The lowest BCUT2D eigenvalue weighted by atomic mass is 10.0. The first-order valence-corrected chi connectivity index (χ1v) is 8.94. The fraction of sp³-hybridized carbons (Fsp3) is 0.0909. The Labute approximate surface area is 162 Å². The minimum absolute atomic E-state index is 0.666. The van der Waals surface area contributed by atoms with Gasteiger partial charge in [0, 0.05) is 16.6 Å². The van der Waals surface area contributed by atoms with E-state index in [1.165, 1.54) is 0 Å². The van der Waals surface area contributed by atoms with Crippen molar-refractivity contribution in [2.75, 3.05) is 12.5 Å². The topological polar surface area (TPSA) is 46.5 Å². The molecule has 0 aliphatic carbocycles. The van der Waals surface area contributed by atoms with Gasteiger partial charge in [-0.15, -0.1) is 0 Å². The molecule has 4 rings (SSSR count). The second-order valence-electron chi connectivity index (χ2n) is 6.26. The summed E-state index contributed by atoms with van der Waals surface area (Å²) in [5.74, 6) is 0.854. The molecule has 4 aromatic rings. The molecule has 0 aliphatic heterocycles. The van der Waals surface area contributed by atoms with E-state index < -0.39 is 0 Å². The van der Waals surface area contributed by atoms with Crippen LogP contribution in [0.2, 0.25) is 5.02 Å². The Morgan fingerprint density at radius 2 is 1.81 bits per heavy atom. The van der Waals surface area contributed by atoms with Crippen molar-refractivity contribution in [3.05, 3.63) is 77.4 Å². The fourth-order valence-corrected chi connectivity index (χ4v) is 3.17. The molecule has 1 heterocycles. The molecule has 134 valence electrons. The number of hydrogen-bond acceptors (Lipinski definition) is 4. The predicted octanol–water partition coefficient (Wildman–Crippen LogP) is 5.89. The van der Waals surface area contributed by atoms with E-state index in [-0.39, 0.29) is 0 Å². The van der Waals surface area contributed by atoms with Crippen molar-refractivity contribution < 1.29 is 4.74 Å². The summed E-state index contributed by atoms with van der Waals surface area (Å²) in [4.78, 5) is 4.35. The summed E-state index contributed by atoms with van der Waals surface area (Å²) in [6.45, 7) is 1.98. The number of rotatable bonds is 4. The van der Waals surface area contributed by atoms with Gasteiger partial charge in [0.1, 0.15) is 5.75 Å². The third-order valence-electron chi connectivity index (χ3n) is 4.51. The molecule has 0 aliphatic rings. The molecule has 1 N–H and O–H groups in total. The van der Waals surface area contributed by atoms with E-state index in [1.54, 1.807) is 13.3 Å². The zero-order valence-electron chi connectivity index (χ0n) is 15.0. The minimum Gasteiger partial charge on any atom is -0.497 e. The molecule has 0 atom stereocenters. The standard InChI is InChI=1S/C22H18ClN3O/c1-14(15-3-4-17-12-19(27-2)7-5-16(17)11-15)25-26-21-9-10-24-22-13-18(23)6-8-20(21)22/h3-13H,1-2H3,(H,24,26)/b25-14+. The molecule has 0 fully saturated rings. The number of fused-ring (bicyclic) bond motifs is 2. The Balaban J connectivity index is 1.64. The van der Waals surface area contributed by atoms with Crippen LogP contribution >= 0.6 is 11.6 Å². The van der Waals surface area contributed by atoms with Crippen molar-refractivity contribution in [1.82, 2.24) is 4.98 Å². The first-order chi connectivity index (χ1) is 13.1. The molecule has 0 spiro atoms. The lowest BCUT2D eigenvalue weighted by molar-refractivity contribution is 0.415. The Morgan fingerprint density at radius 1 is 1.00 bits per heavy atom. The van der Waals surface area contributed by atoms with Gasteiger partial charge in [0.05, 0.1) is 24.0 Å². The molecule has 4 nitrogen and oxygen atoms in total. The molecular weight excluding hydrogens is 358 g/mol. The van der Waals surface area contributed by atoms with Crippen molar-refractivity contribution in [2.45, 2.75) is 6.92 Å². The number of hydrazone groups is 1. The number of benzene rings is 3. The molecule has 0 bridgehead atoms. The van der Waals surface area contributed by atoms with Crippen LogP contribution in [0.3, 0.4) is 0 Å². The molecule has 1 aromatic heterocycles. The molecule has 0 unspecified atom stereocenters. The third kappa shape index (κ3) is 3.57. The largest absolute Gasteiger partial charge is 0.497 e. The van der Waals surface area contributed by atoms with Crippen LogP contribution in [0.4, 0.5) is 5.69 Å². The molecule has 0 amide bonds. The van der Waals surface area contributed by atoms with Gasteiger partial charge in [0.25, 0.3) is 0 Å². The summed E-state index contributed by atoms with van der Waals surface area (Å²) < 4.78 is 5.28. The van der Waals surface area contributed by atoms with Crippen LogP contribution in [-0.2, 0) is 0 Å². The lowest BCUT2D eigenvalue weighted by Crippen LogP contribution is -2.00. The Morgan fingerprint density at radius 3 is 2.67 bits per heavy atom. The van der Waals surface area contributed by atoms with Crippen LogP contribution < -0.4 is 10.2 Å². The van der Waals surface area contributed by atoms with Crippen LogP contribution in [0.25, 0.3) is 21.7 Å². The molecule has 0 saturated heterocycles. The molecular formula is C22H18ClN3O. The summed E-state index contributed by atoms with van der Waals surface area (Å²) >= 11 is 6.05. The number of methoxy groups -OCH3 is 1. The summed E-state index contributed by atoms with van der Waals surface area (Å²) in [6.07, 6.45) is 1.75. The SMILES string of the molecule is COc1ccc2cc(/C(C)=N/Nc3ccnc4cc(Cl)ccc34)ccc2c1. The van der Waals surface area contributed by atoms with E-state index in [9.17, 15) is 0 Å². The maximum atomic E-state index is 6.05. The summed E-state index contributed by atoms with van der Waals surface area (Å²) in [5.41, 5.74) is 6.83. The zero-order valence-corrected chi connectivity index (χ0v) is 15.8. The van der Waals surface area contributed by atoms with Crippen LogP contribution in [-0.4, -0.2) is 17.8 Å². The number of aromatic nitrogens is 1. The van der Waals surface area contributed by atoms with Gasteiger partial charge >= 0.3 is 0 Å². The van der Waals surface area contributed by atoms with Crippen molar-refractivity contribution >= 4 is 44.7 Å². The Kier molecular flexibility index (Phi) is 4.65. The van der Waals surface area contributed by atoms with Crippen LogP contribution in [0.15, 0.2) is 72.0 Å². The lowest BCUT2D eigenvalue weighted by Gasteiger charge is -2.08. The molecule has 0 saturated carbocycles. The third-order valence-corrected chi connectivity index (χ3v) is 4.75. The van der Waals surface area contributed by atoms with Crippen molar-refractivity contribution in [3.63, 3.8) is 0 Å². The van der Waals surface area contributed by atoms with E-state index in [1.807, 2.05) is 43.3 Å². The average Bonchev–Trinajstić information content (AvgIpc) is 2.70. The first-order valence-electron chi connectivity index (χ1n) is 8.57. The van der Waals surface area contributed by atoms with Crippen molar-refractivity contribution in [1.29, 1.82) is 0 Å². The fourth-order valence-electron chi connectivity index (χ4n) is 3.00. The van der Waals surface area contributed by atoms with Crippen molar-refractivity contribution in [3.8, 4) is 5.75 Å². The van der Waals surface area contributed by atoms with Gasteiger partial charge < -0.3 is 4.74 Å². The second-order valence-corrected chi connectivity index (χ2v) is 6.69. The normalized spacial score (nSPS) is 11.7. The highest BCUT2D eigenvalue weighted by molar-refractivity contribution is 6.31. The number of nitrogens with zero attached hydrogens (tertiary/aromatic N) is 2. The molecule has 3 aromatic carbocycles. The van der Waals surface area contributed by atoms with Gasteiger partial charge in [0.2, 0.25) is 0 Å². The van der Waals surface area contributed by atoms with Gasteiger partial charge in [-0.1, -0.05) is 29.8 Å². The minimum atomic E-state index is 0.666. The van der Waals surface area contributed by atoms with E-state index in [2.05, 4.69) is 39.8 Å². The Hall–Kier alpha value is -3.11. The Bertz CT molecular complexity index is 1170. The summed E-state index contributed by atoms with van der Waals surface area (Å²) in [7, 11) is 1.68. The average molecular weight is 376 g/mol. The molecule has 5 heteroatoms. The number of anilines is 1. The van der Waals surface area contributed by atoms with Crippen LogP contribution in [0.5, 0.6) is 5.75 Å².